The van der Waals surface area contributed by atoms with E-state index in [4.69, 9.17) is 5.11 Å². The molecule has 1 saturated carbocycles. The van der Waals surface area contributed by atoms with Crippen molar-refractivity contribution in [2.24, 2.45) is 5.92 Å². The fraction of sp³-hybridized carbons (Fsp3) is 0.867. The van der Waals surface area contributed by atoms with Gasteiger partial charge in [0.1, 0.15) is 6.54 Å². The Morgan fingerprint density at radius 2 is 1.90 bits per heavy atom. The number of carboxylic acid groups (broad SMARTS) is 1. The van der Waals surface area contributed by atoms with Gasteiger partial charge < -0.3 is 15.3 Å². The molecule has 2 fully saturated rings. The van der Waals surface area contributed by atoms with Gasteiger partial charge in [0.25, 0.3) is 0 Å². The third-order valence-corrected chi connectivity index (χ3v) is 4.56. The van der Waals surface area contributed by atoms with Crippen LogP contribution in [0, 0.1) is 5.92 Å². The molecule has 0 aromatic rings. The molecule has 1 saturated heterocycles. The van der Waals surface area contributed by atoms with Gasteiger partial charge in [-0.05, 0) is 51.1 Å². The summed E-state index contributed by atoms with van der Waals surface area (Å²) in [5.41, 5.74) is 0. The highest BCUT2D eigenvalue weighted by Crippen LogP contribution is 2.25. The van der Waals surface area contributed by atoms with E-state index in [9.17, 15) is 9.59 Å². The summed E-state index contributed by atoms with van der Waals surface area (Å²) >= 11 is 0. The maximum absolute atomic E-state index is 12.4. The van der Waals surface area contributed by atoms with Gasteiger partial charge in [-0.2, -0.15) is 0 Å². The molecule has 2 aliphatic rings. The molecule has 0 aromatic carbocycles. The summed E-state index contributed by atoms with van der Waals surface area (Å²) in [5.74, 6) is -0.294. The third-order valence-electron chi connectivity index (χ3n) is 4.56. The first-order valence-corrected chi connectivity index (χ1v) is 7.89. The molecule has 0 spiro atoms. The van der Waals surface area contributed by atoms with Crippen molar-refractivity contribution in [1.29, 1.82) is 0 Å². The van der Waals surface area contributed by atoms with E-state index in [1.165, 1.54) is 12.8 Å². The molecule has 1 unspecified atom stereocenters. The molecule has 1 aliphatic carbocycles. The van der Waals surface area contributed by atoms with E-state index >= 15 is 0 Å². The number of nitrogens with one attached hydrogen (secondary N) is 1. The zero-order chi connectivity index (χ0) is 14.4. The molecule has 20 heavy (non-hydrogen) atoms. The van der Waals surface area contributed by atoms with Gasteiger partial charge in [0, 0.05) is 12.5 Å². The number of nitrogens with zero attached hydrogens (tertiary/aromatic N) is 1. The standard InChI is InChI=1S/C15H26N2O3/c18-14(8-7-12-4-3-9-16-10-12)17(11-15(19)20)13-5-1-2-6-13/h12-13,16H,1-11H2,(H,19,20). The SMILES string of the molecule is O=C(O)CN(C(=O)CCC1CCCNC1)C1CCCC1. The maximum Gasteiger partial charge on any atom is 0.323 e. The summed E-state index contributed by atoms with van der Waals surface area (Å²) < 4.78 is 0. The Morgan fingerprint density at radius 3 is 2.50 bits per heavy atom. The molecule has 0 aromatic heterocycles. The Bertz CT molecular complexity index is 334. The molecule has 114 valence electrons. The summed E-state index contributed by atoms with van der Waals surface area (Å²) in [7, 11) is 0. The Hall–Kier alpha value is -1.10. The van der Waals surface area contributed by atoms with Crippen LogP contribution in [0.25, 0.3) is 0 Å². The summed E-state index contributed by atoms with van der Waals surface area (Å²) in [6, 6.07) is 0.156. The van der Waals surface area contributed by atoms with E-state index in [1.54, 1.807) is 4.90 Å². The van der Waals surface area contributed by atoms with Crippen LogP contribution in [0.15, 0.2) is 0 Å². The molecule has 1 heterocycles. The van der Waals surface area contributed by atoms with Crippen molar-refractivity contribution < 1.29 is 14.7 Å². The molecule has 5 heteroatoms. The average molecular weight is 282 g/mol. The Morgan fingerprint density at radius 1 is 1.15 bits per heavy atom. The lowest BCUT2D eigenvalue weighted by atomic mass is 9.94. The molecule has 0 bridgehead atoms. The van der Waals surface area contributed by atoms with E-state index in [2.05, 4.69) is 5.32 Å². The second-order valence-corrected chi connectivity index (χ2v) is 6.10. The van der Waals surface area contributed by atoms with Crippen LogP contribution in [0.4, 0.5) is 0 Å². The molecule has 5 nitrogen and oxygen atoms in total. The normalized spacial score (nSPS) is 23.7. The van der Waals surface area contributed by atoms with E-state index in [-0.39, 0.29) is 18.5 Å². The van der Waals surface area contributed by atoms with Crippen molar-refractivity contribution in [3.63, 3.8) is 0 Å². The minimum absolute atomic E-state index is 0.0323. The number of carbonyl (C=O) groups is 2. The smallest absolute Gasteiger partial charge is 0.323 e. The Balaban J connectivity index is 1.83. The predicted molar refractivity (Wildman–Crippen MR) is 76.4 cm³/mol. The van der Waals surface area contributed by atoms with Crippen molar-refractivity contribution >= 4 is 11.9 Å². The number of carboxylic acids is 1. The van der Waals surface area contributed by atoms with Gasteiger partial charge >= 0.3 is 5.97 Å². The number of rotatable bonds is 6. The number of aliphatic carboxylic acids is 1. The van der Waals surface area contributed by atoms with Crippen LogP contribution in [0.1, 0.15) is 51.4 Å². The number of hydrogen-bond donors (Lipinski definition) is 2. The molecule has 1 amide bonds. The van der Waals surface area contributed by atoms with E-state index in [0.717, 1.165) is 45.2 Å². The van der Waals surface area contributed by atoms with Crippen molar-refractivity contribution in [2.45, 2.75) is 57.4 Å². The molecule has 1 aliphatic heterocycles. The first-order valence-electron chi connectivity index (χ1n) is 7.89. The molecule has 0 radical (unpaired) electrons. The topological polar surface area (TPSA) is 69.6 Å². The quantitative estimate of drug-likeness (QED) is 0.777. The van der Waals surface area contributed by atoms with Gasteiger partial charge in [-0.25, -0.2) is 0 Å². The maximum atomic E-state index is 12.4. The lowest BCUT2D eigenvalue weighted by molar-refractivity contribution is -0.146. The minimum atomic E-state index is -0.899. The first kappa shape index (κ1) is 15.3. The van der Waals surface area contributed by atoms with Gasteiger partial charge in [-0.1, -0.05) is 12.8 Å². The van der Waals surface area contributed by atoms with Crippen LogP contribution in [-0.2, 0) is 9.59 Å². The monoisotopic (exact) mass is 282 g/mol. The van der Waals surface area contributed by atoms with E-state index in [0.29, 0.717) is 12.3 Å². The fourth-order valence-corrected chi connectivity index (χ4v) is 3.42. The number of amides is 1. The number of hydrogen-bond acceptors (Lipinski definition) is 3. The van der Waals surface area contributed by atoms with E-state index < -0.39 is 5.97 Å². The van der Waals surface area contributed by atoms with Crippen molar-refractivity contribution in [3.8, 4) is 0 Å². The van der Waals surface area contributed by atoms with E-state index in [1.807, 2.05) is 0 Å². The zero-order valence-corrected chi connectivity index (χ0v) is 12.1. The largest absolute Gasteiger partial charge is 0.480 e. The highest BCUT2D eigenvalue weighted by Gasteiger charge is 2.28. The minimum Gasteiger partial charge on any atom is -0.480 e. The van der Waals surface area contributed by atoms with Gasteiger partial charge in [0.15, 0.2) is 0 Å². The van der Waals surface area contributed by atoms with Crippen molar-refractivity contribution in [1.82, 2.24) is 10.2 Å². The average Bonchev–Trinajstić information content (AvgIpc) is 2.97. The number of piperidine rings is 1. The first-order chi connectivity index (χ1) is 9.66. The van der Waals surface area contributed by atoms with Crippen LogP contribution >= 0.6 is 0 Å². The highest BCUT2D eigenvalue weighted by molar-refractivity contribution is 5.81. The molecular weight excluding hydrogens is 256 g/mol. The summed E-state index contributed by atoms with van der Waals surface area (Å²) in [6.45, 7) is 1.94. The summed E-state index contributed by atoms with van der Waals surface area (Å²) in [4.78, 5) is 24.9. The van der Waals surface area contributed by atoms with Gasteiger partial charge in [-0.15, -0.1) is 0 Å². The molecule has 2 rings (SSSR count). The number of carbonyl (C=O) groups excluding carboxylic acids is 1. The zero-order valence-electron chi connectivity index (χ0n) is 12.1. The van der Waals surface area contributed by atoms with Crippen LogP contribution in [0.5, 0.6) is 0 Å². The lowest BCUT2D eigenvalue weighted by Gasteiger charge is -2.29. The second-order valence-electron chi connectivity index (χ2n) is 6.10. The van der Waals surface area contributed by atoms with Gasteiger partial charge in [0.2, 0.25) is 5.91 Å². The highest BCUT2D eigenvalue weighted by atomic mass is 16.4. The third kappa shape index (κ3) is 4.47. The predicted octanol–water partition coefficient (Wildman–Crippen LogP) is 1.62. The summed E-state index contributed by atoms with van der Waals surface area (Å²) in [6.07, 6.45) is 7.89. The van der Waals surface area contributed by atoms with Crippen molar-refractivity contribution in [2.75, 3.05) is 19.6 Å². The summed E-state index contributed by atoms with van der Waals surface area (Å²) in [5, 5.41) is 12.4. The Kier molecular flexibility index (Phi) is 5.83. The van der Waals surface area contributed by atoms with Crippen LogP contribution < -0.4 is 5.32 Å². The molecule has 1 atom stereocenters. The van der Waals surface area contributed by atoms with Crippen molar-refractivity contribution in [3.05, 3.63) is 0 Å². The lowest BCUT2D eigenvalue weighted by Crippen LogP contribution is -2.42. The van der Waals surface area contributed by atoms with Crippen LogP contribution in [-0.4, -0.2) is 47.6 Å². The Labute approximate surface area is 120 Å². The molecule has 2 N–H and O–H groups in total. The van der Waals surface area contributed by atoms with Crippen LogP contribution in [0.3, 0.4) is 0 Å². The van der Waals surface area contributed by atoms with Crippen LogP contribution in [0.2, 0.25) is 0 Å². The second kappa shape index (κ2) is 7.62. The fourth-order valence-electron chi connectivity index (χ4n) is 3.42. The van der Waals surface area contributed by atoms with Gasteiger partial charge in [-0.3, -0.25) is 9.59 Å². The van der Waals surface area contributed by atoms with Gasteiger partial charge in [0.05, 0.1) is 0 Å². The molecular formula is C15H26N2O3.